The number of hydrogen-bond donors (Lipinski definition) is 2. The molecular weight excluding hydrogens is 302 g/mol. The minimum atomic E-state index is -0.258. The summed E-state index contributed by atoms with van der Waals surface area (Å²) in [6.07, 6.45) is 3.14. The number of carbonyl (C=O) groups excluding carboxylic acids is 2. The molecule has 0 saturated carbocycles. The van der Waals surface area contributed by atoms with Gasteiger partial charge in [0.15, 0.2) is 0 Å². The highest BCUT2D eigenvalue weighted by molar-refractivity contribution is 5.81. The molecule has 0 bridgehead atoms. The van der Waals surface area contributed by atoms with Crippen molar-refractivity contribution in [1.82, 2.24) is 15.5 Å². The van der Waals surface area contributed by atoms with Crippen LogP contribution < -0.4 is 10.6 Å². The molecule has 1 unspecified atom stereocenters. The van der Waals surface area contributed by atoms with Gasteiger partial charge in [-0.3, -0.25) is 14.5 Å². The van der Waals surface area contributed by atoms with E-state index in [1.165, 1.54) is 11.1 Å². The van der Waals surface area contributed by atoms with Crippen LogP contribution in [0.4, 0.5) is 0 Å². The van der Waals surface area contributed by atoms with Crippen LogP contribution in [0.5, 0.6) is 0 Å². The molecule has 5 heteroatoms. The molecule has 0 radical (unpaired) electrons. The third kappa shape index (κ3) is 5.64. The maximum atomic E-state index is 12.3. The summed E-state index contributed by atoms with van der Waals surface area (Å²) in [6, 6.07) is 8.38. The van der Waals surface area contributed by atoms with Crippen LogP contribution in [0, 0.1) is 0 Å². The maximum absolute atomic E-state index is 12.3. The minimum Gasteiger partial charge on any atom is -0.350 e. The standard InChI is InChI=1S/C19H29N3O2/c1-19(2,3)21-18(24)13-22(4)12-17(23)20-16-11-7-9-14-8-5-6-10-15(14)16/h5-6,8,10,16H,7,9,11-13H2,1-4H3,(H,20,23)(H,21,24). The highest BCUT2D eigenvalue weighted by atomic mass is 16.2. The Kier molecular flexibility index (Phi) is 5.99. The van der Waals surface area contributed by atoms with E-state index in [1.54, 1.807) is 11.9 Å². The number of hydrogen-bond acceptors (Lipinski definition) is 3. The second-order valence-electron chi connectivity index (χ2n) is 7.68. The molecule has 0 fully saturated rings. The Hall–Kier alpha value is -1.88. The summed E-state index contributed by atoms with van der Waals surface area (Å²) in [5.41, 5.74) is 2.30. The Morgan fingerprint density at radius 2 is 1.83 bits per heavy atom. The van der Waals surface area contributed by atoms with Crippen molar-refractivity contribution in [3.8, 4) is 0 Å². The maximum Gasteiger partial charge on any atom is 0.234 e. The van der Waals surface area contributed by atoms with Crippen LogP contribution >= 0.6 is 0 Å². The molecule has 0 heterocycles. The van der Waals surface area contributed by atoms with E-state index in [9.17, 15) is 9.59 Å². The van der Waals surface area contributed by atoms with E-state index >= 15 is 0 Å². The zero-order valence-corrected chi connectivity index (χ0v) is 15.2. The lowest BCUT2D eigenvalue weighted by molar-refractivity contribution is -0.125. The van der Waals surface area contributed by atoms with Gasteiger partial charge in [0.25, 0.3) is 0 Å². The highest BCUT2D eigenvalue weighted by Gasteiger charge is 2.22. The van der Waals surface area contributed by atoms with E-state index in [2.05, 4.69) is 22.8 Å². The summed E-state index contributed by atoms with van der Waals surface area (Å²) < 4.78 is 0. The van der Waals surface area contributed by atoms with Gasteiger partial charge in [-0.15, -0.1) is 0 Å². The fraction of sp³-hybridized carbons (Fsp3) is 0.579. The molecule has 1 aliphatic carbocycles. The molecule has 1 aromatic rings. The Morgan fingerprint density at radius 1 is 1.17 bits per heavy atom. The third-order valence-electron chi connectivity index (χ3n) is 4.05. The lowest BCUT2D eigenvalue weighted by Crippen LogP contribution is -2.47. The van der Waals surface area contributed by atoms with Crippen molar-refractivity contribution >= 4 is 11.8 Å². The molecule has 0 aliphatic heterocycles. The molecule has 132 valence electrons. The van der Waals surface area contributed by atoms with Gasteiger partial charge >= 0.3 is 0 Å². The molecule has 1 aromatic carbocycles. The highest BCUT2D eigenvalue weighted by Crippen LogP contribution is 2.29. The van der Waals surface area contributed by atoms with Gasteiger partial charge in [0, 0.05) is 5.54 Å². The van der Waals surface area contributed by atoms with Crippen LogP contribution in [0.2, 0.25) is 0 Å². The van der Waals surface area contributed by atoms with Crippen LogP contribution in [0.1, 0.15) is 50.8 Å². The first-order valence-corrected chi connectivity index (χ1v) is 8.61. The summed E-state index contributed by atoms with van der Waals surface area (Å²) in [4.78, 5) is 26.0. The lowest BCUT2D eigenvalue weighted by atomic mass is 9.88. The molecule has 1 atom stereocenters. The van der Waals surface area contributed by atoms with Gasteiger partial charge in [-0.2, -0.15) is 0 Å². The predicted octanol–water partition coefficient (Wildman–Crippen LogP) is 2.03. The average Bonchev–Trinajstić information content (AvgIpc) is 2.45. The van der Waals surface area contributed by atoms with Crippen molar-refractivity contribution in [3.63, 3.8) is 0 Å². The molecule has 2 rings (SSSR count). The van der Waals surface area contributed by atoms with Gasteiger partial charge in [-0.05, 0) is 58.2 Å². The number of fused-ring (bicyclic) bond motifs is 1. The number of carbonyl (C=O) groups is 2. The van der Waals surface area contributed by atoms with Crippen molar-refractivity contribution in [2.24, 2.45) is 0 Å². The smallest absolute Gasteiger partial charge is 0.234 e. The Bertz CT molecular complexity index is 593. The van der Waals surface area contributed by atoms with Gasteiger partial charge in [-0.25, -0.2) is 0 Å². The van der Waals surface area contributed by atoms with Gasteiger partial charge in [-0.1, -0.05) is 24.3 Å². The minimum absolute atomic E-state index is 0.0391. The Morgan fingerprint density at radius 3 is 2.54 bits per heavy atom. The SMILES string of the molecule is CN(CC(=O)NC1CCCc2ccccc21)CC(=O)NC(C)(C)C. The first-order valence-electron chi connectivity index (χ1n) is 8.61. The van der Waals surface area contributed by atoms with E-state index in [-0.39, 0.29) is 36.5 Å². The molecule has 1 aliphatic rings. The number of aryl methyl sites for hydroxylation is 1. The molecule has 5 nitrogen and oxygen atoms in total. The number of amides is 2. The van der Waals surface area contributed by atoms with E-state index in [4.69, 9.17) is 0 Å². The molecule has 2 N–H and O–H groups in total. The van der Waals surface area contributed by atoms with E-state index in [0.29, 0.717) is 0 Å². The molecule has 24 heavy (non-hydrogen) atoms. The number of nitrogens with one attached hydrogen (secondary N) is 2. The topological polar surface area (TPSA) is 61.4 Å². The molecule has 2 amide bonds. The molecule has 0 aromatic heterocycles. The Balaban J connectivity index is 1.84. The summed E-state index contributed by atoms with van der Waals surface area (Å²) in [5.74, 6) is -0.108. The van der Waals surface area contributed by atoms with Crippen molar-refractivity contribution in [1.29, 1.82) is 0 Å². The van der Waals surface area contributed by atoms with E-state index in [0.717, 1.165) is 19.3 Å². The number of rotatable bonds is 5. The van der Waals surface area contributed by atoms with Gasteiger partial charge < -0.3 is 10.6 Å². The zero-order chi connectivity index (χ0) is 17.7. The fourth-order valence-electron chi connectivity index (χ4n) is 3.15. The Labute approximate surface area is 144 Å². The van der Waals surface area contributed by atoms with Crippen LogP contribution in [-0.4, -0.2) is 42.4 Å². The molecule has 0 saturated heterocycles. The van der Waals surface area contributed by atoms with Gasteiger partial charge in [0.05, 0.1) is 19.1 Å². The first-order chi connectivity index (χ1) is 11.2. The third-order valence-corrected chi connectivity index (χ3v) is 4.05. The quantitative estimate of drug-likeness (QED) is 0.868. The van der Waals surface area contributed by atoms with Crippen LogP contribution in [0.3, 0.4) is 0 Å². The normalized spacial score (nSPS) is 17.3. The zero-order valence-electron chi connectivity index (χ0n) is 15.2. The second-order valence-corrected chi connectivity index (χ2v) is 7.68. The first kappa shape index (κ1) is 18.5. The lowest BCUT2D eigenvalue weighted by Gasteiger charge is -2.27. The van der Waals surface area contributed by atoms with E-state index in [1.807, 2.05) is 32.9 Å². The van der Waals surface area contributed by atoms with Crippen molar-refractivity contribution < 1.29 is 9.59 Å². The molecule has 0 spiro atoms. The number of likely N-dealkylation sites (N-methyl/N-ethyl adjacent to an activating group) is 1. The summed E-state index contributed by atoms with van der Waals surface area (Å²) in [7, 11) is 1.79. The van der Waals surface area contributed by atoms with Gasteiger partial charge in [0.2, 0.25) is 11.8 Å². The monoisotopic (exact) mass is 331 g/mol. The van der Waals surface area contributed by atoms with Crippen LogP contribution in [-0.2, 0) is 16.0 Å². The number of nitrogens with zero attached hydrogens (tertiary/aromatic N) is 1. The van der Waals surface area contributed by atoms with Crippen molar-refractivity contribution in [3.05, 3.63) is 35.4 Å². The van der Waals surface area contributed by atoms with Crippen LogP contribution in [0.15, 0.2) is 24.3 Å². The van der Waals surface area contributed by atoms with Crippen molar-refractivity contribution in [2.75, 3.05) is 20.1 Å². The number of benzene rings is 1. The van der Waals surface area contributed by atoms with Crippen molar-refractivity contribution in [2.45, 2.75) is 51.6 Å². The van der Waals surface area contributed by atoms with E-state index < -0.39 is 0 Å². The largest absolute Gasteiger partial charge is 0.350 e. The second kappa shape index (κ2) is 7.79. The summed E-state index contributed by atoms with van der Waals surface area (Å²) in [6.45, 7) is 6.26. The summed E-state index contributed by atoms with van der Waals surface area (Å²) >= 11 is 0. The van der Waals surface area contributed by atoms with Gasteiger partial charge in [0.1, 0.15) is 0 Å². The average molecular weight is 331 g/mol. The summed E-state index contributed by atoms with van der Waals surface area (Å²) in [5, 5.41) is 6.02. The fourth-order valence-corrected chi connectivity index (χ4v) is 3.15. The van der Waals surface area contributed by atoms with Crippen LogP contribution in [0.25, 0.3) is 0 Å². The predicted molar refractivity (Wildman–Crippen MR) is 95.7 cm³/mol. The molecular formula is C19H29N3O2.